The van der Waals surface area contributed by atoms with Gasteiger partial charge in [-0.15, -0.1) is 0 Å². The molecule has 0 spiro atoms. The summed E-state index contributed by atoms with van der Waals surface area (Å²) in [5, 5.41) is 3.56. The molecule has 3 nitrogen and oxygen atoms in total. The minimum Gasteiger partial charge on any atom is -0.481 e. The summed E-state index contributed by atoms with van der Waals surface area (Å²) in [6.45, 7) is 6.89. The maximum Gasteiger partial charge on any atom is 0.261 e. The Morgan fingerprint density at radius 1 is 1.32 bits per heavy atom. The van der Waals surface area contributed by atoms with Crippen molar-refractivity contribution in [3.63, 3.8) is 0 Å². The standard InChI is InChI=1S/C15H22ClNO2/c1-4-14(15(18)17-10-9-11(2)3)19-13-7-5-12(16)6-8-13/h5-8,11,14H,4,9-10H2,1-3H3,(H,17,18)/t14-/m0/s1. The van der Waals surface area contributed by atoms with Gasteiger partial charge in [0, 0.05) is 11.6 Å². The number of hydrogen-bond donors (Lipinski definition) is 1. The fourth-order valence-electron chi connectivity index (χ4n) is 1.60. The molecule has 0 aliphatic carbocycles. The molecule has 106 valence electrons. The number of ether oxygens (including phenoxy) is 1. The Morgan fingerprint density at radius 2 is 1.95 bits per heavy atom. The molecular weight excluding hydrogens is 262 g/mol. The van der Waals surface area contributed by atoms with Gasteiger partial charge in [-0.25, -0.2) is 0 Å². The normalized spacial score (nSPS) is 12.3. The van der Waals surface area contributed by atoms with E-state index in [0.29, 0.717) is 29.7 Å². The van der Waals surface area contributed by atoms with Crippen molar-refractivity contribution in [1.82, 2.24) is 5.32 Å². The van der Waals surface area contributed by atoms with Gasteiger partial charge in [0.1, 0.15) is 5.75 Å². The molecule has 1 N–H and O–H groups in total. The van der Waals surface area contributed by atoms with E-state index in [0.717, 1.165) is 6.42 Å². The second-order valence-corrected chi connectivity index (χ2v) is 5.38. The molecule has 1 rings (SSSR count). The molecule has 0 unspecified atom stereocenters. The Balaban J connectivity index is 2.48. The van der Waals surface area contributed by atoms with Crippen LogP contribution in [0.2, 0.25) is 5.02 Å². The molecule has 0 aromatic heterocycles. The lowest BCUT2D eigenvalue weighted by molar-refractivity contribution is -0.128. The first kappa shape index (κ1) is 15.8. The van der Waals surface area contributed by atoms with Gasteiger partial charge in [-0.2, -0.15) is 0 Å². The summed E-state index contributed by atoms with van der Waals surface area (Å²) in [6, 6.07) is 7.04. The van der Waals surface area contributed by atoms with E-state index < -0.39 is 6.10 Å². The third kappa shape index (κ3) is 5.97. The summed E-state index contributed by atoms with van der Waals surface area (Å²) in [6.07, 6.45) is 1.16. The van der Waals surface area contributed by atoms with Gasteiger partial charge in [-0.3, -0.25) is 4.79 Å². The van der Waals surface area contributed by atoms with Gasteiger partial charge in [-0.05, 0) is 43.0 Å². The van der Waals surface area contributed by atoms with E-state index in [1.807, 2.05) is 6.92 Å². The smallest absolute Gasteiger partial charge is 0.261 e. The van der Waals surface area contributed by atoms with Crippen molar-refractivity contribution >= 4 is 17.5 Å². The highest BCUT2D eigenvalue weighted by Crippen LogP contribution is 2.17. The summed E-state index contributed by atoms with van der Waals surface area (Å²) in [4.78, 5) is 12.0. The molecule has 0 saturated heterocycles. The molecule has 1 aromatic rings. The van der Waals surface area contributed by atoms with E-state index in [1.165, 1.54) is 0 Å². The summed E-state index contributed by atoms with van der Waals surface area (Å²) < 4.78 is 5.67. The van der Waals surface area contributed by atoms with E-state index in [1.54, 1.807) is 24.3 Å². The highest BCUT2D eigenvalue weighted by atomic mass is 35.5. The number of nitrogens with one attached hydrogen (secondary N) is 1. The van der Waals surface area contributed by atoms with E-state index in [4.69, 9.17) is 16.3 Å². The summed E-state index contributed by atoms with van der Waals surface area (Å²) >= 11 is 5.81. The van der Waals surface area contributed by atoms with Crippen molar-refractivity contribution in [2.24, 2.45) is 5.92 Å². The van der Waals surface area contributed by atoms with Crippen LogP contribution in [0.3, 0.4) is 0 Å². The van der Waals surface area contributed by atoms with Crippen LogP contribution in [-0.2, 0) is 4.79 Å². The molecule has 0 saturated carbocycles. The van der Waals surface area contributed by atoms with Crippen LogP contribution in [0.1, 0.15) is 33.6 Å². The van der Waals surface area contributed by atoms with Crippen LogP contribution in [0.15, 0.2) is 24.3 Å². The average molecular weight is 284 g/mol. The second-order valence-electron chi connectivity index (χ2n) is 4.94. The van der Waals surface area contributed by atoms with Crippen molar-refractivity contribution in [1.29, 1.82) is 0 Å². The summed E-state index contributed by atoms with van der Waals surface area (Å²) in [5.74, 6) is 1.19. The van der Waals surface area contributed by atoms with E-state index in [-0.39, 0.29) is 5.91 Å². The lowest BCUT2D eigenvalue weighted by Gasteiger charge is -2.17. The molecule has 1 atom stereocenters. The van der Waals surface area contributed by atoms with Gasteiger partial charge in [0.25, 0.3) is 5.91 Å². The van der Waals surface area contributed by atoms with Crippen LogP contribution in [-0.4, -0.2) is 18.6 Å². The topological polar surface area (TPSA) is 38.3 Å². The first-order valence-electron chi connectivity index (χ1n) is 6.72. The largest absolute Gasteiger partial charge is 0.481 e. The van der Waals surface area contributed by atoms with Crippen LogP contribution in [0.5, 0.6) is 5.75 Å². The predicted molar refractivity (Wildman–Crippen MR) is 78.6 cm³/mol. The Kier molecular flexibility index (Phi) is 6.71. The molecule has 19 heavy (non-hydrogen) atoms. The second kappa shape index (κ2) is 8.05. The van der Waals surface area contributed by atoms with Crippen LogP contribution in [0, 0.1) is 5.92 Å². The zero-order chi connectivity index (χ0) is 14.3. The van der Waals surface area contributed by atoms with Crippen LogP contribution >= 0.6 is 11.6 Å². The van der Waals surface area contributed by atoms with Crippen molar-refractivity contribution in [2.75, 3.05) is 6.54 Å². The Morgan fingerprint density at radius 3 is 2.47 bits per heavy atom. The van der Waals surface area contributed by atoms with Gasteiger partial charge >= 0.3 is 0 Å². The van der Waals surface area contributed by atoms with Crippen molar-refractivity contribution in [3.8, 4) is 5.75 Å². The zero-order valence-corrected chi connectivity index (χ0v) is 12.5. The molecule has 1 amide bonds. The monoisotopic (exact) mass is 283 g/mol. The number of hydrogen-bond acceptors (Lipinski definition) is 2. The van der Waals surface area contributed by atoms with Crippen molar-refractivity contribution < 1.29 is 9.53 Å². The molecular formula is C15H22ClNO2. The van der Waals surface area contributed by atoms with E-state index >= 15 is 0 Å². The molecule has 4 heteroatoms. The lowest BCUT2D eigenvalue weighted by atomic mass is 10.1. The average Bonchev–Trinajstić information content (AvgIpc) is 2.37. The molecule has 0 aliphatic heterocycles. The van der Waals surface area contributed by atoms with Gasteiger partial charge in [-0.1, -0.05) is 32.4 Å². The minimum atomic E-state index is -0.451. The first-order valence-corrected chi connectivity index (χ1v) is 7.10. The summed E-state index contributed by atoms with van der Waals surface area (Å²) in [7, 11) is 0. The van der Waals surface area contributed by atoms with Gasteiger partial charge in [0.2, 0.25) is 0 Å². The molecule has 0 fully saturated rings. The van der Waals surface area contributed by atoms with E-state index in [2.05, 4.69) is 19.2 Å². The number of carbonyl (C=O) groups is 1. The number of carbonyl (C=O) groups excluding carboxylic acids is 1. The fourth-order valence-corrected chi connectivity index (χ4v) is 1.72. The lowest BCUT2D eigenvalue weighted by Crippen LogP contribution is -2.38. The van der Waals surface area contributed by atoms with Gasteiger partial charge in [0.15, 0.2) is 6.10 Å². The van der Waals surface area contributed by atoms with Gasteiger partial charge in [0.05, 0.1) is 0 Å². The molecule has 0 bridgehead atoms. The Hall–Kier alpha value is -1.22. The van der Waals surface area contributed by atoms with Crippen LogP contribution < -0.4 is 10.1 Å². The first-order chi connectivity index (χ1) is 9.02. The maximum absolute atomic E-state index is 12.0. The van der Waals surface area contributed by atoms with Crippen LogP contribution in [0.25, 0.3) is 0 Å². The van der Waals surface area contributed by atoms with Crippen LogP contribution in [0.4, 0.5) is 0 Å². The number of rotatable bonds is 7. The molecule has 0 aliphatic rings. The fraction of sp³-hybridized carbons (Fsp3) is 0.533. The zero-order valence-electron chi connectivity index (χ0n) is 11.8. The summed E-state index contributed by atoms with van der Waals surface area (Å²) in [5.41, 5.74) is 0. The number of amides is 1. The van der Waals surface area contributed by atoms with E-state index in [9.17, 15) is 4.79 Å². The third-order valence-electron chi connectivity index (χ3n) is 2.78. The number of benzene rings is 1. The van der Waals surface area contributed by atoms with Crippen molar-refractivity contribution in [2.45, 2.75) is 39.7 Å². The molecule has 0 heterocycles. The molecule has 1 aromatic carbocycles. The quantitative estimate of drug-likeness (QED) is 0.829. The highest BCUT2D eigenvalue weighted by molar-refractivity contribution is 6.30. The van der Waals surface area contributed by atoms with Crippen molar-refractivity contribution in [3.05, 3.63) is 29.3 Å². The predicted octanol–water partition coefficient (Wildman–Crippen LogP) is 3.66. The van der Waals surface area contributed by atoms with Gasteiger partial charge < -0.3 is 10.1 Å². The highest BCUT2D eigenvalue weighted by Gasteiger charge is 2.17. The molecule has 0 radical (unpaired) electrons. The maximum atomic E-state index is 12.0. The Labute approximate surface area is 120 Å². The third-order valence-corrected chi connectivity index (χ3v) is 3.03. The SMILES string of the molecule is CC[C@H](Oc1ccc(Cl)cc1)C(=O)NCCC(C)C. The number of halogens is 1. The minimum absolute atomic E-state index is 0.0573. The Bertz CT molecular complexity index is 390.